The molecule has 2 N–H and O–H groups in total. The van der Waals surface area contributed by atoms with E-state index < -0.39 is 11.9 Å². The van der Waals surface area contributed by atoms with E-state index in [1.807, 2.05) is 0 Å². The predicted octanol–water partition coefficient (Wildman–Crippen LogP) is 1.69. The van der Waals surface area contributed by atoms with Crippen LogP contribution in [0.25, 0.3) is 0 Å². The third kappa shape index (κ3) is 5.81. The average Bonchev–Trinajstić information content (AvgIpc) is 2.50. The molecule has 1 aliphatic heterocycles. The van der Waals surface area contributed by atoms with Gasteiger partial charge < -0.3 is 15.1 Å². The summed E-state index contributed by atoms with van der Waals surface area (Å²) in [5, 5.41) is 16.2. The number of carboxylic acids is 1. The van der Waals surface area contributed by atoms with Gasteiger partial charge in [0.2, 0.25) is 0 Å². The number of carbonyl (C=O) groups is 2. The molecule has 0 saturated carbocycles. The number of benzene rings is 1. The van der Waals surface area contributed by atoms with E-state index >= 15 is 0 Å². The molecule has 0 spiro atoms. The lowest BCUT2D eigenvalue weighted by atomic mass is 9.90. The highest BCUT2D eigenvalue weighted by atomic mass is 19.1. The molecule has 1 amide bonds. The number of hydrogen-bond donors (Lipinski definition) is 2. The smallest absolute Gasteiger partial charge is 0.394 e. The molecule has 1 aromatic carbocycles. The summed E-state index contributed by atoms with van der Waals surface area (Å²) in [6, 6.07) is 6.42. The molecule has 1 heterocycles. The zero-order valence-corrected chi connectivity index (χ0v) is 12.7. The number of carboxylic acid groups (broad SMARTS) is 1. The fourth-order valence-corrected chi connectivity index (χ4v) is 2.43. The topological polar surface area (TPSA) is 77.8 Å². The van der Waals surface area contributed by atoms with Crippen molar-refractivity contribution in [2.75, 3.05) is 19.7 Å². The number of hydrogen-bond acceptors (Lipinski definition) is 3. The maximum Gasteiger partial charge on any atom is 0.394 e. The van der Waals surface area contributed by atoms with Crippen LogP contribution in [0.5, 0.6) is 0 Å². The summed E-state index contributed by atoms with van der Waals surface area (Å²) in [6.45, 7) is 2.90. The lowest BCUT2D eigenvalue weighted by Crippen LogP contribution is -2.42. The van der Waals surface area contributed by atoms with Crippen LogP contribution >= 0.6 is 0 Å². The van der Waals surface area contributed by atoms with E-state index in [0.717, 1.165) is 24.8 Å². The van der Waals surface area contributed by atoms with Crippen molar-refractivity contribution in [1.82, 2.24) is 4.90 Å². The van der Waals surface area contributed by atoms with Crippen LogP contribution in [-0.4, -0.2) is 46.7 Å². The van der Waals surface area contributed by atoms with Crippen LogP contribution in [-0.2, 0) is 16.0 Å². The van der Waals surface area contributed by atoms with Gasteiger partial charge in [-0.3, -0.25) is 4.79 Å². The summed E-state index contributed by atoms with van der Waals surface area (Å²) in [5.41, 5.74) is 1.07. The standard InChI is InChI=1S/C14H16FNO3.C2H6O/c15-12-3-1-10(2-4-12)9-11-5-7-16(8-6-11)13(17)14(18)19;1-2-3/h1-4,11H,5-9H2,(H,18,19);3H,2H2,1H3. The largest absolute Gasteiger partial charge is 0.474 e. The van der Waals surface area contributed by atoms with Gasteiger partial charge in [-0.05, 0) is 49.8 Å². The Morgan fingerprint density at radius 1 is 1.23 bits per heavy atom. The number of aliphatic hydroxyl groups excluding tert-OH is 1. The van der Waals surface area contributed by atoms with Gasteiger partial charge in [-0.15, -0.1) is 0 Å². The van der Waals surface area contributed by atoms with Gasteiger partial charge in [0.1, 0.15) is 5.82 Å². The number of rotatable bonds is 2. The summed E-state index contributed by atoms with van der Waals surface area (Å²) >= 11 is 0. The van der Waals surface area contributed by atoms with E-state index in [0.29, 0.717) is 19.0 Å². The Bertz CT molecular complexity index is 481. The van der Waals surface area contributed by atoms with Crippen molar-refractivity contribution in [2.24, 2.45) is 5.92 Å². The average molecular weight is 311 g/mol. The first-order valence-electron chi connectivity index (χ1n) is 7.35. The molecule has 122 valence electrons. The van der Waals surface area contributed by atoms with Crippen molar-refractivity contribution in [2.45, 2.75) is 26.2 Å². The van der Waals surface area contributed by atoms with Gasteiger partial charge in [0, 0.05) is 19.7 Å². The monoisotopic (exact) mass is 311 g/mol. The van der Waals surface area contributed by atoms with Gasteiger partial charge in [-0.25, -0.2) is 9.18 Å². The molecule has 0 aliphatic carbocycles. The number of nitrogens with zero attached hydrogens (tertiary/aromatic N) is 1. The van der Waals surface area contributed by atoms with Crippen molar-refractivity contribution in [1.29, 1.82) is 0 Å². The first-order valence-corrected chi connectivity index (χ1v) is 7.35. The minimum atomic E-state index is -1.39. The summed E-state index contributed by atoms with van der Waals surface area (Å²) < 4.78 is 12.8. The number of aliphatic hydroxyl groups is 1. The first kappa shape index (κ1) is 18.1. The summed E-state index contributed by atoms with van der Waals surface area (Å²) in [5.74, 6) is -2.04. The minimum Gasteiger partial charge on any atom is -0.474 e. The molecule has 0 radical (unpaired) electrons. The van der Waals surface area contributed by atoms with Crippen molar-refractivity contribution in [3.05, 3.63) is 35.6 Å². The van der Waals surface area contributed by atoms with E-state index in [-0.39, 0.29) is 12.4 Å². The van der Waals surface area contributed by atoms with Crippen LogP contribution in [0.3, 0.4) is 0 Å². The Hall–Kier alpha value is -1.95. The molecule has 1 aromatic rings. The molecule has 0 bridgehead atoms. The lowest BCUT2D eigenvalue weighted by Gasteiger charge is -2.30. The summed E-state index contributed by atoms with van der Waals surface area (Å²) in [7, 11) is 0. The molecule has 2 rings (SSSR count). The minimum absolute atomic E-state index is 0.245. The van der Waals surface area contributed by atoms with Crippen LogP contribution in [0, 0.1) is 11.7 Å². The first-order chi connectivity index (χ1) is 10.5. The van der Waals surface area contributed by atoms with Crippen LogP contribution in [0.1, 0.15) is 25.3 Å². The highest BCUT2D eigenvalue weighted by Crippen LogP contribution is 2.21. The third-order valence-electron chi connectivity index (χ3n) is 3.52. The molecule has 5 nitrogen and oxygen atoms in total. The van der Waals surface area contributed by atoms with E-state index in [4.69, 9.17) is 10.2 Å². The Kier molecular flexibility index (Phi) is 7.52. The van der Waals surface area contributed by atoms with Gasteiger partial charge in [-0.1, -0.05) is 12.1 Å². The molecule has 0 atom stereocenters. The van der Waals surface area contributed by atoms with Crippen molar-refractivity contribution in [3.8, 4) is 0 Å². The molecule has 1 fully saturated rings. The molecule has 1 saturated heterocycles. The predicted molar refractivity (Wildman–Crippen MR) is 79.8 cm³/mol. The fourth-order valence-electron chi connectivity index (χ4n) is 2.43. The van der Waals surface area contributed by atoms with Gasteiger partial charge in [0.15, 0.2) is 0 Å². The van der Waals surface area contributed by atoms with Crippen molar-refractivity contribution in [3.63, 3.8) is 0 Å². The zero-order valence-electron chi connectivity index (χ0n) is 12.7. The Labute approximate surface area is 129 Å². The van der Waals surface area contributed by atoms with E-state index in [9.17, 15) is 14.0 Å². The SMILES string of the molecule is CCO.O=C(O)C(=O)N1CCC(Cc2ccc(F)cc2)CC1. The van der Waals surface area contributed by atoms with Gasteiger partial charge in [0.25, 0.3) is 0 Å². The van der Waals surface area contributed by atoms with Crippen LogP contribution < -0.4 is 0 Å². The second-order valence-corrected chi connectivity index (χ2v) is 5.19. The summed E-state index contributed by atoms with van der Waals surface area (Å²) in [4.78, 5) is 23.2. The molecule has 0 unspecified atom stereocenters. The molecule has 0 aromatic heterocycles. The van der Waals surface area contributed by atoms with Crippen molar-refractivity contribution >= 4 is 11.9 Å². The lowest BCUT2D eigenvalue weighted by molar-refractivity contribution is -0.156. The van der Waals surface area contributed by atoms with E-state index in [1.54, 1.807) is 19.1 Å². The Balaban J connectivity index is 0.000000745. The Morgan fingerprint density at radius 2 is 1.73 bits per heavy atom. The molecule has 1 aliphatic rings. The number of piperidine rings is 1. The number of halogens is 1. The van der Waals surface area contributed by atoms with E-state index in [2.05, 4.69) is 0 Å². The highest BCUT2D eigenvalue weighted by Gasteiger charge is 2.26. The molecule has 6 heteroatoms. The maximum absolute atomic E-state index is 12.8. The molecular formula is C16H22FNO4. The van der Waals surface area contributed by atoms with Gasteiger partial charge in [-0.2, -0.15) is 0 Å². The van der Waals surface area contributed by atoms with Crippen LogP contribution in [0.4, 0.5) is 4.39 Å². The maximum atomic E-state index is 12.8. The summed E-state index contributed by atoms with van der Waals surface area (Å²) in [6.07, 6.45) is 2.42. The second kappa shape index (κ2) is 9.15. The number of carbonyl (C=O) groups excluding carboxylic acids is 1. The van der Waals surface area contributed by atoms with Crippen LogP contribution in [0.2, 0.25) is 0 Å². The van der Waals surface area contributed by atoms with Gasteiger partial charge >= 0.3 is 11.9 Å². The van der Waals surface area contributed by atoms with Crippen molar-refractivity contribution < 1.29 is 24.2 Å². The fraction of sp³-hybridized carbons (Fsp3) is 0.500. The van der Waals surface area contributed by atoms with E-state index in [1.165, 1.54) is 17.0 Å². The highest BCUT2D eigenvalue weighted by molar-refractivity contribution is 6.31. The second-order valence-electron chi connectivity index (χ2n) is 5.19. The molecular weight excluding hydrogens is 289 g/mol. The number of aliphatic carboxylic acids is 1. The third-order valence-corrected chi connectivity index (χ3v) is 3.52. The number of likely N-dealkylation sites (tertiary alicyclic amines) is 1. The normalized spacial score (nSPS) is 15.0. The van der Waals surface area contributed by atoms with Gasteiger partial charge in [0.05, 0.1) is 0 Å². The molecule has 22 heavy (non-hydrogen) atoms. The number of amides is 1. The Morgan fingerprint density at radius 3 is 2.18 bits per heavy atom. The quantitative estimate of drug-likeness (QED) is 0.815. The zero-order chi connectivity index (χ0) is 16.5. The van der Waals surface area contributed by atoms with Crippen LogP contribution in [0.15, 0.2) is 24.3 Å².